The number of amides is 1. The van der Waals surface area contributed by atoms with Gasteiger partial charge in [-0.1, -0.05) is 46.6 Å². The van der Waals surface area contributed by atoms with Crippen molar-refractivity contribution in [3.8, 4) is 22.8 Å². The summed E-state index contributed by atoms with van der Waals surface area (Å²) in [6.45, 7) is 1.83. The van der Waals surface area contributed by atoms with Crippen LogP contribution >= 0.6 is 11.6 Å². The molecule has 8 heteroatoms. The Morgan fingerprint density at radius 2 is 1.83 bits per heavy atom. The molecule has 0 bridgehead atoms. The highest BCUT2D eigenvalue weighted by molar-refractivity contribution is 6.30. The topological polar surface area (TPSA) is 90.0 Å². The minimum Gasteiger partial charge on any atom is -0.333 e. The smallest absolute Gasteiger partial charge is 0.263 e. The monoisotopic (exact) mass is 420 g/mol. The van der Waals surface area contributed by atoms with Crippen molar-refractivity contribution in [2.45, 2.75) is 13.5 Å². The van der Waals surface area contributed by atoms with Gasteiger partial charge in [0.25, 0.3) is 11.4 Å². The summed E-state index contributed by atoms with van der Waals surface area (Å²) < 4.78 is 6.58. The maximum absolute atomic E-state index is 12.8. The number of hydrogen-bond donors (Lipinski definition) is 1. The van der Waals surface area contributed by atoms with Crippen LogP contribution in [0.5, 0.6) is 0 Å². The van der Waals surface area contributed by atoms with Crippen LogP contribution in [0, 0.1) is 6.92 Å². The summed E-state index contributed by atoms with van der Waals surface area (Å²) in [7, 11) is 0. The molecule has 4 rings (SSSR count). The van der Waals surface area contributed by atoms with E-state index in [1.54, 1.807) is 36.4 Å². The lowest BCUT2D eigenvalue weighted by atomic mass is 10.1. The maximum atomic E-state index is 12.8. The van der Waals surface area contributed by atoms with Gasteiger partial charge in [0.05, 0.1) is 0 Å². The first kappa shape index (κ1) is 19.6. The molecule has 1 amide bonds. The highest BCUT2D eigenvalue weighted by Gasteiger charge is 2.16. The van der Waals surface area contributed by atoms with Crippen molar-refractivity contribution in [1.29, 1.82) is 0 Å². The number of carbonyl (C=O) groups is 1. The predicted octanol–water partition coefficient (Wildman–Crippen LogP) is 4.17. The molecule has 2 heterocycles. The molecular weight excluding hydrogens is 404 g/mol. The van der Waals surface area contributed by atoms with Crippen molar-refractivity contribution in [3.05, 3.63) is 87.8 Å². The Morgan fingerprint density at radius 1 is 1.10 bits per heavy atom. The highest BCUT2D eigenvalue weighted by Crippen LogP contribution is 2.20. The van der Waals surface area contributed by atoms with Crippen LogP contribution in [0.15, 0.2) is 76.2 Å². The van der Waals surface area contributed by atoms with Gasteiger partial charge in [0.2, 0.25) is 11.7 Å². The average molecular weight is 421 g/mol. The van der Waals surface area contributed by atoms with Crippen LogP contribution in [-0.2, 0) is 11.3 Å². The summed E-state index contributed by atoms with van der Waals surface area (Å²) in [5.41, 5.74) is 2.32. The first-order valence-electron chi connectivity index (χ1n) is 9.15. The van der Waals surface area contributed by atoms with E-state index in [1.807, 2.05) is 31.2 Å². The number of nitrogens with zero attached hydrogens (tertiary/aromatic N) is 3. The number of hydrogen-bond acceptors (Lipinski definition) is 5. The molecule has 1 N–H and O–H groups in total. The minimum atomic E-state index is -0.400. The predicted molar refractivity (Wildman–Crippen MR) is 114 cm³/mol. The van der Waals surface area contributed by atoms with Gasteiger partial charge in [-0.15, -0.1) is 0 Å². The molecule has 4 aromatic rings. The van der Waals surface area contributed by atoms with Crippen molar-refractivity contribution < 1.29 is 9.32 Å². The van der Waals surface area contributed by atoms with Gasteiger partial charge < -0.3 is 14.4 Å². The SMILES string of the molecule is Cc1ccc(-c2noc(-c3cccn(CC(=O)Nc4ccc(Cl)cc4)c3=O)n2)cc1. The van der Waals surface area contributed by atoms with Crippen molar-refractivity contribution in [1.82, 2.24) is 14.7 Å². The number of rotatable bonds is 5. The number of benzene rings is 2. The fourth-order valence-corrected chi connectivity index (χ4v) is 2.99. The van der Waals surface area contributed by atoms with Crippen molar-refractivity contribution in [2.24, 2.45) is 0 Å². The fraction of sp³-hybridized carbons (Fsp3) is 0.0909. The summed E-state index contributed by atoms with van der Waals surface area (Å²) in [4.78, 5) is 29.5. The van der Waals surface area contributed by atoms with Gasteiger partial charge >= 0.3 is 0 Å². The Labute approximate surface area is 176 Å². The number of carbonyl (C=O) groups excluding carboxylic acids is 1. The zero-order valence-electron chi connectivity index (χ0n) is 16.0. The van der Waals surface area contributed by atoms with Gasteiger partial charge in [0.15, 0.2) is 0 Å². The Bertz CT molecular complexity index is 1240. The Hall–Kier alpha value is -3.71. The number of pyridine rings is 1. The summed E-state index contributed by atoms with van der Waals surface area (Å²) in [5.74, 6) is 0.144. The molecule has 2 aromatic carbocycles. The summed E-state index contributed by atoms with van der Waals surface area (Å²) >= 11 is 5.84. The molecule has 7 nitrogen and oxygen atoms in total. The molecule has 0 fully saturated rings. The second-order valence-electron chi connectivity index (χ2n) is 6.70. The number of anilines is 1. The fourth-order valence-electron chi connectivity index (χ4n) is 2.87. The van der Waals surface area contributed by atoms with Gasteiger partial charge in [-0.2, -0.15) is 4.98 Å². The first-order valence-corrected chi connectivity index (χ1v) is 9.53. The number of aryl methyl sites for hydroxylation is 1. The first-order chi connectivity index (χ1) is 14.5. The minimum absolute atomic E-state index is 0.100. The molecule has 0 aliphatic heterocycles. The van der Waals surface area contributed by atoms with Crippen LogP contribution in [0.25, 0.3) is 22.8 Å². The second kappa shape index (κ2) is 8.34. The Balaban J connectivity index is 1.54. The average Bonchev–Trinajstić information content (AvgIpc) is 3.22. The third-order valence-electron chi connectivity index (χ3n) is 4.43. The van der Waals surface area contributed by atoms with Crippen LogP contribution in [0.1, 0.15) is 5.56 Å². The summed E-state index contributed by atoms with van der Waals surface area (Å²) in [6.07, 6.45) is 1.53. The van der Waals surface area contributed by atoms with Crippen molar-refractivity contribution in [2.75, 3.05) is 5.32 Å². The van der Waals surface area contributed by atoms with Gasteiger partial charge in [-0.3, -0.25) is 9.59 Å². The number of halogens is 1. The normalized spacial score (nSPS) is 10.7. The van der Waals surface area contributed by atoms with Crippen molar-refractivity contribution >= 4 is 23.2 Å². The lowest BCUT2D eigenvalue weighted by Gasteiger charge is -2.08. The van der Waals surface area contributed by atoms with E-state index in [2.05, 4.69) is 15.5 Å². The summed E-state index contributed by atoms with van der Waals surface area (Å²) in [5, 5.41) is 7.26. The molecule has 0 unspecified atom stereocenters. The molecule has 2 aromatic heterocycles. The third kappa shape index (κ3) is 4.31. The quantitative estimate of drug-likeness (QED) is 0.523. The third-order valence-corrected chi connectivity index (χ3v) is 4.68. The molecule has 30 heavy (non-hydrogen) atoms. The Morgan fingerprint density at radius 3 is 2.57 bits per heavy atom. The van der Waals surface area contributed by atoms with E-state index in [1.165, 1.54) is 10.8 Å². The van der Waals surface area contributed by atoms with E-state index in [4.69, 9.17) is 16.1 Å². The van der Waals surface area contributed by atoms with Gasteiger partial charge in [0, 0.05) is 22.5 Å². The van der Waals surface area contributed by atoms with Crippen molar-refractivity contribution in [3.63, 3.8) is 0 Å². The lowest BCUT2D eigenvalue weighted by molar-refractivity contribution is -0.116. The zero-order valence-corrected chi connectivity index (χ0v) is 16.8. The standard InChI is InChI=1S/C22H17ClN4O3/c1-14-4-6-15(7-5-14)20-25-21(30-26-20)18-3-2-12-27(22(18)29)13-19(28)24-17-10-8-16(23)9-11-17/h2-12H,13H2,1H3,(H,24,28). The van der Waals surface area contributed by atoms with E-state index in [-0.39, 0.29) is 23.9 Å². The Kier molecular flexibility index (Phi) is 5.45. The largest absolute Gasteiger partial charge is 0.333 e. The molecule has 0 aliphatic rings. The molecule has 0 radical (unpaired) electrons. The number of nitrogens with one attached hydrogen (secondary N) is 1. The van der Waals surface area contributed by atoms with Crippen LogP contribution in [0.4, 0.5) is 5.69 Å². The molecule has 0 atom stereocenters. The van der Waals surface area contributed by atoms with Gasteiger partial charge in [-0.05, 0) is 43.3 Å². The van der Waals surface area contributed by atoms with E-state index < -0.39 is 5.56 Å². The highest BCUT2D eigenvalue weighted by atomic mass is 35.5. The molecule has 0 spiro atoms. The van der Waals surface area contributed by atoms with Crippen LogP contribution in [0.2, 0.25) is 5.02 Å². The molecule has 150 valence electrons. The van der Waals surface area contributed by atoms with Gasteiger partial charge in [-0.25, -0.2) is 0 Å². The van der Waals surface area contributed by atoms with Gasteiger partial charge in [0.1, 0.15) is 12.1 Å². The van der Waals surface area contributed by atoms with E-state index in [0.717, 1.165) is 11.1 Å². The molecule has 0 aliphatic carbocycles. The maximum Gasteiger partial charge on any atom is 0.263 e. The van der Waals surface area contributed by atoms with E-state index >= 15 is 0 Å². The van der Waals surface area contributed by atoms with E-state index in [9.17, 15) is 9.59 Å². The molecule has 0 saturated carbocycles. The zero-order chi connectivity index (χ0) is 21.1. The van der Waals surface area contributed by atoms with Crippen LogP contribution in [0.3, 0.4) is 0 Å². The second-order valence-corrected chi connectivity index (χ2v) is 7.14. The van der Waals surface area contributed by atoms with E-state index in [0.29, 0.717) is 16.5 Å². The lowest BCUT2D eigenvalue weighted by Crippen LogP contribution is -2.28. The summed E-state index contributed by atoms with van der Waals surface area (Å²) in [6, 6.07) is 17.6. The molecule has 0 saturated heterocycles. The van der Waals surface area contributed by atoms with Crippen LogP contribution in [-0.4, -0.2) is 20.6 Å². The molecular formula is C22H17ClN4O3. The number of aromatic nitrogens is 3. The van der Waals surface area contributed by atoms with Crippen LogP contribution < -0.4 is 10.9 Å².